The number of halogens is 2. The van der Waals surface area contributed by atoms with Gasteiger partial charge in [0.05, 0.1) is 27.9 Å². The van der Waals surface area contributed by atoms with Crippen molar-refractivity contribution in [2.45, 2.75) is 12.5 Å². The van der Waals surface area contributed by atoms with Crippen molar-refractivity contribution in [1.82, 2.24) is 15.0 Å². The van der Waals surface area contributed by atoms with E-state index in [0.717, 1.165) is 0 Å². The zero-order valence-electron chi connectivity index (χ0n) is 16.8. The van der Waals surface area contributed by atoms with Gasteiger partial charge in [0.25, 0.3) is 11.8 Å². The third kappa shape index (κ3) is 4.89. The first-order valence-electron chi connectivity index (χ1n) is 9.82. The van der Waals surface area contributed by atoms with Crippen LogP contribution < -0.4 is 10.3 Å². The summed E-state index contributed by atoms with van der Waals surface area (Å²) < 4.78 is 0. The van der Waals surface area contributed by atoms with Gasteiger partial charge in [-0.05, 0) is 48.9 Å². The SMILES string of the molecule is O=C(Nc1ccc(Cl)cn1)c1cc(Cl)ccc1N(C(=O)c1cccnc1)N1CCC(O)C1. The molecule has 2 aromatic heterocycles. The quantitative estimate of drug-likeness (QED) is 0.588. The largest absolute Gasteiger partial charge is 0.392 e. The second-order valence-corrected chi connectivity index (χ2v) is 8.06. The Hall–Kier alpha value is -3.04. The van der Waals surface area contributed by atoms with Crippen LogP contribution in [0.1, 0.15) is 27.1 Å². The average Bonchev–Trinajstić information content (AvgIpc) is 3.22. The van der Waals surface area contributed by atoms with Gasteiger partial charge >= 0.3 is 0 Å². The zero-order valence-corrected chi connectivity index (χ0v) is 18.3. The third-order valence-corrected chi connectivity index (χ3v) is 5.38. The zero-order chi connectivity index (χ0) is 22.7. The summed E-state index contributed by atoms with van der Waals surface area (Å²) in [7, 11) is 0. The molecule has 3 aromatic rings. The molecule has 0 radical (unpaired) electrons. The fourth-order valence-corrected chi connectivity index (χ4v) is 3.70. The van der Waals surface area contributed by atoms with Crippen LogP contribution in [-0.2, 0) is 0 Å². The molecule has 4 rings (SSSR count). The van der Waals surface area contributed by atoms with E-state index in [0.29, 0.717) is 40.1 Å². The number of hydrogen-bond donors (Lipinski definition) is 2. The summed E-state index contributed by atoms with van der Waals surface area (Å²) in [5.74, 6) is -0.582. The Kier molecular flexibility index (Phi) is 6.66. The highest BCUT2D eigenvalue weighted by Crippen LogP contribution is 2.30. The van der Waals surface area contributed by atoms with Crippen molar-refractivity contribution in [3.8, 4) is 0 Å². The molecule has 0 spiro atoms. The first kappa shape index (κ1) is 22.2. The molecule has 3 heterocycles. The van der Waals surface area contributed by atoms with Crippen LogP contribution in [0.4, 0.5) is 11.5 Å². The minimum absolute atomic E-state index is 0.174. The van der Waals surface area contributed by atoms with Crippen LogP contribution in [-0.4, -0.2) is 51.1 Å². The molecule has 1 atom stereocenters. The van der Waals surface area contributed by atoms with Crippen LogP contribution in [0.2, 0.25) is 10.0 Å². The molecule has 10 heteroatoms. The molecule has 1 unspecified atom stereocenters. The van der Waals surface area contributed by atoms with Crippen LogP contribution in [0.15, 0.2) is 61.1 Å². The molecule has 1 saturated heterocycles. The number of aliphatic hydroxyl groups is 1. The number of hydrazine groups is 1. The summed E-state index contributed by atoms with van der Waals surface area (Å²) in [6, 6.07) is 11.2. The molecule has 2 N–H and O–H groups in total. The van der Waals surface area contributed by atoms with Gasteiger partial charge in [0.2, 0.25) is 0 Å². The Morgan fingerprint density at radius 1 is 1.12 bits per heavy atom. The number of amides is 2. The lowest BCUT2D eigenvalue weighted by atomic mass is 10.1. The van der Waals surface area contributed by atoms with Crippen molar-refractivity contribution in [3.05, 3.63) is 82.2 Å². The monoisotopic (exact) mass is 471 g/mol. The van der Waals surface area contributed by atoms with Gasteiger partial charge in [-0.3, -0.25) is 14.6 Å². The molecule has 1 fully saturated rings. The maximum absolute atomic E-state index is 13.5. The van der Waals surface area contributed by atoms with Gasteiger partial charge in [-0.2, -0.15) is 0 Å². The smallest absolute Gasteiger partial charge is 0.274 e. The van der Waals surface area contributed by atoms with Gasteiger partial charge in [0, 0.05) is 36.7 Å². The maximum atomic E-state index is 13.5. The maximum Gasteiger partial charge on any atom is 0.274 e. The lowest BCUT2D eigenvalue weighted by Gasteiger charge is -2.33. The van der Waals surface area contributed by atoms with Crippen molar-refractivity contribution in [2.75, 3.05) is 23.4 Å². The summed E-state index contributed by atoms with van der Waals surface area (Å²) in [6.45, 7) is 0.685. The summed E-state index contributed by atoms with van der Waals surface area (Å²) in [5.41, 5.74) is 0.839. The van der Waals surface area contributed by atoms with Gasteiger partial charge < -0.3 is 10.4 Å². The summed E-state index contributed by atoms with van der Waals surface area (Å²) in [5, 5.41) is 16.7. The minimum Gasteiger partial charge on any atom is -0.392 e. The van der Waals surface area contributed by atoms with Gasteiger partial charge in [0.15, 0.2) is 0 Å². The Morgan fingerprint density at radius 2 is 1.94 bits per heavy atom. The van der Waals surface area contributed by atoms with Gasteiger partial charge in [-0.25, -0.2) is 15.0 Å². The molecule has 1 aliphatic rings. The van der Waals surface area contributed by atoms with Crippen LogP contribution in [0.25, 0.3) is 0 Å². The third-order valence-electron chi connectivity index (χ3n) is 4.93. The fourth-order valence-electron chi connectivity index (χ4n) is 3.42. The molecule has 0 aliphatic carbocycles. The number of aromatic nitrogens is 2. The topological polar surface area (TPSA) is 98.7 Å². The standard InChI is InChI=1S/C22H19Cl2N5O3/c23-15-3-5-19(18(10-15)21(31)27-20-6-4-16(24)12-26-20)29(28-9-7-17(30)13-28)22(32)14-2-1-8-25-11-14/h1-6,8,10-12,17,30H,7,9,13H2,(H,26,27,31). The molecule has 0 saturated carbocycles. The van der Waals surface area contributed by atoms with E-state index in [-0.39, 0.29) is 18.0 Å². The molecule has 2 amide bonds. The highest BCUT2D eigenvalue weighted by Gasteiger charge is 2.33. The van der Waals surface area contributed by atoms with E-state index in [9.17, 15) is 14.7 Å². The molecule has 164 valence electrons. The van der Waals surface area contributed by atoms with Crippen molar-refractivity contribution in [1.29, 1.82) is 0 Å². The fraction of sp³-hybridized carbons (Fsp3) is 0.182. The number of rotatable bonds is 5. The number of carbonyl (C=O) groups excluding carboxylic acids is 2. The van der Waals surface area contributed by atoms with Gasteiger partial charge in [-0.15, -0.1) is 0 Å². The highest BCUT2D eigenvalue weighted by atomic mass is 35.5. The number of benzene rings is 1. The number of nitrogens with zero attached hydrogens (tertiary/aromatic N) is 4. The molecular formula is C22H19Cl2N5O3. The van der Waals surface area contributed by atoms with E-state index in [2.05, 4.69) is 15.3 Å². The molecule has 1 aliphatic heterocycles. The van der Waals surface area contributed by atoms with E-state index in [1.54, 1.807) is 47.6 Å². The van der Waals surface area contributed by atoms with Crippen LogP contribution in [0, 0.1) is 0 Å². The number of anilines is 2. The lowest BCUT2D eigenvalue weighted by Crippen LogP contribution is -2.47. The molecule has 0 bridgehead atoms. The van der Waals surface area contributed by atoms with Crippen molar-refractivity contribution < 1.29 is 14.7 Å². The van der Waals surface area contributed by atoms with E-state index < -0.39 is 12.0 Å². The number of β-amino-alcohol motifs (C(OH)–C–C–N with tert-alkyl or cyclic N) is 1. The number of pyridine rings is 2. The lowest BCUT2D eigenvalue weighted by molar-refractivity contribution is 0.0898. The number of aliphatic hydroxyl groups excluding tert-OH is 1. The van der Waals surface area contributed by atoms with Crippen molar-refractivity contribution >= 4 is 46.5 Å². The molecule has 8 nitrogen and oxygen atoms in total. The normalized spacial score (nSPS) is 16.0. The molecule has 1 aromatic carbocycles. The van der Waals surface area contributed by atoms with E-state index in [4.69, 9.17) is 23.2 Å². The summed E-state index contributed by atoms with van der Waals surface area (Å²) in [4.78, 5) is 34.7. The van der Waals surface area contributed by atoms with Gasteiger partial charge in [0.1, 0.15) is 5.82 Å². The summed E-state index contributed by atoms with van der Waals surface area (Å²) in [6.07, 6.45) is 4.36. The van der Waals surface area contributed by atoms with Gasteiger partial charge in [-0.1, -0.05) is 23.2 Å². The number of nitrogens with one attached hydrogen (secondary N) is 1. The Balaban J connectivity index is 1.74. The first-order valence-corrected chi connectivity index (χ1v) is 10.6. The average molecular weight is 472 g/mol. The van der Waals surface area contributed by atoms with E-state index >= 15 is 0 Å². The predicted molar refractivity (Wildman–Crippen MR) is 122 cm³/mol. The van der Waals surface area contributed by atoms with Crippen molar-refractivity contribution in [3.63, 3.8) is 0 Å². The number of hydrogen-bond acceptors (Lipinski definition) is 6. The first-order chi connectivity index (χ1) is 15.4. The Morgan fingerprint density at radius 3 is 2.59 bits per heavy atom. The van der Waals surface area contributed by atoms with Crippen molar-refractivity contribution in [2.24, 2.45) is 0 Å². The van der Waals surface area contributed by atoms with E-state index in [1.165, 1.54) is 23.5 Å². The Bertz CT molecular complexity index is 1130. The van der Waals surface area contributed by atoms with Crippen LogP contribution >= 0.6 is 23.2 Å². The Labute approximate surface area is 194 Å². The van der Waals surface area contributed by atoms with Crippen LogP contribution in [0.3, 0.4) is 0 Å². The minimum atomic E-state index is -0.581. The van der Waals surface area contributed by atoms with E-state index in [1.807, 2.05) is 0 Å². The highest BCUT2D eigenvalue weighted by molar-refractivity contribution is 6.31. The molecular weight excluding hydrogens is 453 g/mol. The number of carbonyl (C=O) groups is 2. The molecule has 32 heavy (non-hydrogen) atoms. The van der Waals surface area contributed by atoms with Crippen LogP contribution in [0.5, 0.6) is 0 Å². The summed E-state index contributed by atoms with van der Waals surface area (Å²) >= 11 is 12.1. The predicted octanol–water partition coefficient (Wildman–Crippen LogP) is 3.66. The second kappa shape index (κ2) is 9.62. The second-order valence-electron chi connectivity index (χ2n) is 7.19.